The van der Waals surface area contributed by atoms with Crippen molar-refractivity contribution in [1.29, 1.82) is 0 Å². The normalized spacial score (nSPS) is 10.9. The number of hydrogen-bond donors (Lipinski definition) is 0. The summed E-state index contributed by atoms with van der Waals surface area (Å²) < 4.78 is 13.0. The molecule has 0 saturated heterocycles. The molecule has 0 aliphatic heterocycles. The van der Waals surface area contributed by atoms with Gasteiger partial charge in [-0.3, -0.25) is 0 Å². The van der Waals surface area contributed by atoms with Crippen LogP contribution in [0.5, 0.6) is 11.5 Å². The largest absolute Gasteiger partial charge is 0.493 e. The molecule has 0 N–H and O–H groups in total. The summed E-state index contributed by atoms with van der Waals surface area (Å²) in [7, 11) is 3.32. The molecule has 0 spiro atoms. The Bertz CT molecular complexity index is 808. The van der Waals surface area contributed by atoms with Crippen molar-refractivity contribution < 1.29 is 9.47 Å². The molecule has 0 fully saturated rings. The van der Waals surface area contributed by atoms with Crippen LogP contribution in [0.3, 0.4) is 0 Å². The molecular formula is C19H22N2O2. The molecule has 1 aromatic heterocycles. The summed E-state index contributed by atoms with van der Waals surface area (Å²) in [6.07, 6.45) is 1.86. The summed E-state index contributed by atoms with van der Waals surface area (Å²) in [6.45, 7) is 3.05. The van der Waals surface area contributed by atoms with Crippen molar-refractivity contribution >= 4 is 11.0 Å². The first-order valence-electron chi connectivity index (χ1n) is 7.91. The standard InChI is InChI=1S/C19H22N2O2/c1-4-19-20-15-7-5-6-8-16(15)21(19)12-11-14-9-10-17(22-2)18(13-14)23-3/h5-10,13H,4,11-12H2,1-3H3. The predicted molar refractivity (Wildman–Crippen MR) is 92.4 cm³/mol. The van der Waals surface area contributed by atoms with E-state index in [9.17, 15) is 0 Å². The fraction of sp³-hybridized carbons (Fsp3) is 0.316. The first-order chi connectivity index (χ1) is 11.3. The van der Waals surface area contributed by atoms with Crippen LogP contribution in [0.2, 0.25) is 0 Å². The summed E-state index contributed by atoms with van der Waals surface area (Å²) in [4.78, 5) is 4.72. The lowest BCUT2D eigenvalue weighted by molar-refractivity contribution is 0.354. The number of nitrogens with zero attached hydrogens (tertiary/aromatic N) is 2. The van der Waals surface area contributed by atoms with Crippen LogP contribution in [0.15, 0.2) is 42.5 Å². The van der Waals surface area contributed by atoms with Gasteiger partial charge in [0.15, 0.2) is 11.5 Å². The molecule has 1 heterocycles. The smallest absolute Gasteiger partial charge is 0.160 e. The third-order valence-corrected chi connectivity index (χ3v) is 4.12. The minimum Gasteiger partial charge on any atom is -0.493 e. The lowest BCUT2D eigenvalue weighted by Crippen LogP contribution is -2.06. The van der Waals surface area contributed by atoms with Crippen molar-refractivity contribution in [2.45, 2.75) is 26.3 Å². The molecule has 23 heavy (non-hydrogen) atoms. The second kappa shape index (κ2) is 6.73. The van der Waals surface area contributed by atoms with E-state index >= 15 is 0 Å². The third-order valence-electron chi connectivity index (χ3n) is 4.12. The zero-order chi connectivity index (χ0) is 16.2. The Morgan fingerprint density at radius 3 is 2.52 bits per heavy atom. The van der Waals surface area contributed by atoms with Crippen LogP contribution in [0.1, 0.15) is 18.3 Å². The number of rotatable bonds is 6. The van der Waals surface area contributed by atoms with Gasteiger partial charge >= 0.3 is 0 Å². The first-order valence-corrected chi connectivity index (χ1v) is 7.91. The van der Waals surface area contributed by atoms with Crippen LogP contribution < -0.4 is 9.47 Å². The number of benzene rings is 2. The number of ether oxygens (including phenoxy) is 2. The van der Waals surface area contributed by atoms with E-state index in [-0.39, 0.29) is 0 Å². The Balaban J connectivity index is 1.86. The van der Waals surface area contributed by atoms with E-state index in [0.717, 1.165) is 42.2 Å². The van der Waals surface area contributed by atoms with E-state index in [1.165, 1.54) is 11.1 Å². The Kier molecular flexibility index (Phi) is 4.51. The SMILES string of the molecule is CCc1nc2ccccc2n1CCc1ccc(OC)c(OC)c1. The number of aryl methyl sites for hydroxylation is 3. The lowest BCUT2D eigenvalue weighted by atomic mass is 10.1. The summed E-state index contributed by atoms with van der Waals surface area (Å²) in [6, 6.07) is 14.4. The molecule has 0 amide bonds. The van der Waals surface area contributed by atoms with Crippen molar-refractivity contribution in [2.24, 2.45) is 0 Å². The van der Waals surface area contributed by atoms with E-state index in [4.69, 9.17) is 14.5 Å². The summed E-state index contributed by atoms with van der Waals surface area (Å²) in [5.41, 5.74) is 3.49. The maximum atomic E-state index is 5.38. The third kappa shape index (κ3) is 3.02. The number of imidazole rings is 1. The molecule has 0 aliphatic carbocycles. The number of fused-ring (bicyclic) bond motifs is 1. The van der Waals surface area contributed by atoms with E-state index < -0.39 is 0 Å². The molecule has 3 aromatic rings. The number of para-hydroxylation sites is 2. The zero-order valence-electron chi connectivity index (χ0n) is 13.9. The Morgan fingerprint density at radius 1 is 1.00 bits per heavy atom. The van der Waals surface area contributed by atoms with Crippen LogP contribution in [-0.4, -0.2) is 23.8 Å². The van der Waals surface area contributed by atoms with Gasteiger partial charge in [0, 0.05) is 13.0 Å². The second-order valence-corrected chi connectivity index (χ2v) is 5.46. The maximum absolute atomic E-state index is 5.38. The monoisotopic (exact) mass is 310 g/mol. The highest BCUT2D eigenvalue weighted by Gasteiger charge is 2.10. The molecule has 4 heteroatoms. The van der Waals surface area contributed by atoms with Gasteiger partial charge in [-0.2, -0.15) is 0 Å². The molecular weight excluding hydrogens is 288 g/mol. The van der Waals surface area contributed by atoms with Crippen LogP contribution in [0.25, 0.3) is 11.0 Å². The van der Waals surface area contributed by atoms with Crippen molar-refractivity contribution in [3.63, 3.8) is 0 Å². The highest BCUT2D eigenvalue weighted by molar-refractivity contribution is 5.75. The lowest BCUT2D eigenvalue weighted by Gasteiger charge is -2.11. The molecule has 0 bridgehead atoms. The average Bonchev–Trinajstić information content (AvgIpc) is 2.97. The van der Waals surface area contributed by atoms with E-state index in [1.807, 2.05) is 18.2 Å². The van der Waals surface area contributed by atoms with E-state index in [1.54, 1.807) is 14.2 Å². The molecule has 0 radical (unpaired) electrons. The van der Waals surface area contributed by atoms with Crippen molar-refractivity contribution in [1.82, 2.24) is 9.55 Å². The molecule has 2 aromatic carbocycles. The molecule has 0 saturated carbocycles. The first kappa shape index (κ1) is 15.4. The fourth-order valence-electron chi connectivity index (χ4n) is 2.92. The van der Waals surface area contributed by atoms with Crippen molar-refractivity contribution in [3.05, 3.63) is 53.9 Å². The van der Waals surface area contributed by atoms with E-state index in [2.05, 4.69) is 35.8 Å². The summed E-state index contributed by atoms with van der Waals surface area (Å²) in [5, 5.41) is 0. The van der Waals surface area contributed by atoms with Gasteiger partial charge < -0.3 is 14.0 Å². The van der Waals surface area contributed by atoms with Crippen LogP contribution >= 0.6 is 0 Å². The Morgan fingerprint density at radius 2 is 1.78 bits per heavy atom. The minimum atomic E-state index is 0.763. The van der Waals surface area contributed by atoms with Crippen molar-refractivity contribution in [2.75, 3.05) is 14.2 Å². The molecule has 120 valence electrons. The second-order valence-electron chi connectivity index (χ2n) is 5.46. The predicted octanol–water partition coefficient (Wildman–Crippen LogP) is 3.86. The Hall–Kier alpha value is -2.49. The van der Waals surface area contributed by atoms with Gasteiger partial charge in [0.2, 0.25) is 0 Å². The highest BCUT2D eigenvalue weighted by atomic mass is 16.5. The molecule has 0 atom stereocenters. The van der Waals surface area contributed by atoms with Gasteiger partial charge in [-0.1, -0.05) is 25.1 Å². The quantitative estimate of drug-likeness (QED) is 0.693. The van der Waals surface area contributed by atoms with Crippen LogP contribution in [0.4, 0.5) is 0 Å². The Labute approximate surface area is 136 Å². The van der Waals surface area contributed by atoms with Crippen LogP contribution in [-0.2, 0) is 19.4 Å². The van der Waals surface area contributed by atoms with Gasteiger partial charge in [-0.15, -0.1) is 0 Å². The summed E-state index contributed by atoms with van der Waals surface area (Å²) in [5.74, 6) is 2.67. The zero-order valence-corrected chi connectivity index (χ0v) is 13.9. The van der Waals surface area contributed by atoms with Gasteiger partial charge in [0.1, 0.15) is 5.82 Å². The van der Waals surface area contributed by atoms with Crippen molar-refractivity contribution in [3.8, 4) is 11.5 Å². The van der Waals surface area contributed by atoms with Gasteiger partial charge in [-0.05, 0) is 36.2 Å². The number of methoxy groups -OCH3 is 2. The molecule has 0 aliphatic rings. The molecule has 0 unspecified atom stereocenters. The minimum absolute atomic E-state index is 0.763. The average molecular weight is 310 g/mol. The maximum Gasteiger partial charge on any atom is 0.160 e. The van der Waals surface area contributed by atoms with Gasteiger partial charge in [0.05, 0.1) is 25.3 Å². The van der Waals surface area contributed by atoms with Gasteiger partial charge in [0.25, 0.3) is 0 Å². The fourth-order valence-corrected chi connectivity index (χ4v) is 2.92. The van der Waals surface area contributed by atoms with Gasteiger partial charge in [-0.25, -0.2) is 4.98 Å². The molecule has 4 nitrogen and oxygen atoms in total. The van der Waals surface area contributed by atoms with Crippen LogP contribution in [0, 0.1) is 0 Å². The summed E-state index contributed by atoms with van der Waals surface area (Å²) >= 11 is 0. The topological polar surface area (TPSA) is 36.3 Å². The highest BCUT2D eigenvalue weighted by Crippen LogP contribution is 2.28. The number of aromatic nitrogens is 2. The number of hydrogen-bond acceptors (Lipinski definition) is 3. The van der Waals surface area contributed by atoms with E-state index in [0.29, 0.717) is 0 Å². The molecule has 3 rings (SSSR count).